The lowest BCUT2D eigenvalue weighted by molar-refractivity contribution is 0.0941. The number of hydrogen-bond donors (Lipinski definition) is 1. The molecule has 0 aliphatic carbocycles. The summed E-state index contributed by atoms with van der Waals surface area (Å²) in [5.41, 5.74) is 3.97. The number of nitrogens with one attached hydrogen (secondary N) is 1. The summed E-state index contributed by atoms with van der Waals surface area (Å²) in [5, 5.41) is 4.90. The summed E-state index contributed by atoms with van der Waals surface area (Å²) in [4.78, 5) is 12.9. The van der Waals surface area contributed by atoms with Crippen molar-refractivity contribution in [2.75, 3.05) is 0 Å². The first kappa shape index (κ1) is 17.6. The second-order valence-electron chi connectivity index (χ2n) is 6.31. The first-order chi connectivity index (χ1) is 12.1. The van der Waals surface area contributed by atoms with Gasteiger partial charge in [-0.2, -0.15) is 0 Å². The summed E-state index contributed by atoms with van der Waals surface area (Å²) < 4.78 is 2.16. The number of nitrogens with zero attached hydrogens (tertiary/aromatic N) is 1. The van der Waals surface area contributed by atoms with E-state index in [-0.39, 0.29) is 5.91 Å². The number of unbranched alkanes of at least 4 members (excludes halogenated alkanes) is 1. The first-order valence-electron chi connectivity index (χ1n) is 8.72. The maximum absolute atomic E-state index is 12.9. The van der Waals surface area contributed by atoms with Crippen molar-refractivity contribution in [3.8, 4) is 0 Å². The van der Waals surface area contributed by atoms with Gasteiger partial charge in [0.2, 0.25) is 0 Å². The molecule has 1 heterocycles. The predicted molar refractivity (Wildman–Crippen MR) is 104 cm³/mol. The molecule has 0 bridgehead atoms. The molecule has 0 atom stereocenters. The molecule has 25 heavy (non-hydrogen) atoms. The van der Waals surface area contributed by atoms with Crippen molar-refractivity contribution in [2.45, 2.75) is 39.8 Å². The molecular formula is C21H23ClN2O. The van der Waals surface area contributed by atoms with Crippen LogP contribution in [-0.4, -0.2) is 10.5 Å². The standard InChI is InChI=1S/C21H23ClN2O/c1-3-4-13-24-19-8-6-5-7-18(19)15(2)20(24)21(25)23-14-16-9-11-17(22)12-10-16/h5-12H,3-4,13-14H2,1-2H3,(H,23,25). The van der Waals surface area contributed by atoms with Crippen LogP contribution in [-0.2, 0) is 13.1 Å². The van der Waals surface area contributed by atoms with Crippen molar-refractivity contribution < 1.29 is 4.79 Å². The molecule has 0 radical (unpaired) electrons. The number of hydrogen-bond acceptors (Lipinski definition) is 1. The molecule has 1 N–H and O–H groups in total. The summed E-state index contributed by atoms with van der Waals surface area (Å²) in [5.74, 6) is -0.0280. The topological polar surface area (TPSA) is 34.0 Å². The molecule has 0 fully saturated rings. The zero-order valence-electron chi connectivity index (χ0n) is 14.7. The molecule has 0 saturated carbocycles. The fraction of sp³-hybridized carbons (Fsp3) is 0.286. The maximum Gasteiger partial charge on any atom is 0.268 e. The van der Waals surface area contributed by atoms with Crippen LogP contribution in [0.3, 0.4) is 0 Å². The van der Waals surface area contributed by atoms with E-state index in [1.165, 1.54) is 0 Å². The molecule has 3 aromatic rings. The Morgan fingerprint density at radius 3 is 2.56 bits per heavy atom. The van der Waals surface area contributed by atoms with Crippen LogP contribution in [0.15, 0.2) is 48.5 Å². The molecule has 1 aromatic heterocycles. The SMILES string of the molecule is CCCCn1c(C(=O)NCc2ccc(Cl)cc2)c(C)c2ccccc21. The van der Waals surface area contributed by atoms with Crippen LogP contribution in [0.1, 0.15) is 41.4 Å². The van der Waals surface area contributed by atoms with E-state index < -0.39 is 0 Å². The Hall–Kier alpha value is -2.26. The number of para-hydroxylation sites is 1. The molecule has 0 aliphatic heterocycles. The van der Waals surface area contributed by atoms with E-state index in [0.717, 1.165) is 47.1 Å². The molecule has 2 aromatic carbocycles. The second kappa shape index (κ2) is 7.75. The summed E-state index contributed by atoms with van der Waals surface area (Å²) in [6.07, 6.45) is 2.15. The highest BCUT2D eigenvalue weighted by molar-refractivity contribution is 6.30. The summed E-state index contributed by atoms with van der Waals surface area (Å²) in [7, 11) is 0. The van der Waals surface area contributed by atoms with Crippen molar-refractivity contribution in [2.24, 2.45) is 0 Å². The number of carbonyl (C=O) groups is 1. The van der Waals surface area contributed by atoms with Crippen LogP contribution in [0.2, 0.25) is 5.02 Å². The molecule has 1 amide bonds. The average molecular weight is 355 g/mol. The van der Waals surface area contributed by atoms with Gasteiger partial charge in [0.25, 0.3) is 5.91 Å². The number of carbonyl (C=O) groups excluding carboxylic acids is 1. The van der Waals surface area contributed by atoms with Gasteiger partial charge in [0.15, 0.2) is 0 Å². The van der Waals surface area contributed by atoms with Crippen LogP contribution in [0.5, 0.6) is 0 Å². The lowest BCUT2D eigenvalue weighted by Crippen LogP contribution is -2.26. The van der Waals surface area contributed by atoms with Crippen molar-refractivity contribution in [1.82, 2.24) is 9.88 Å². The Bertz CT molecular complexity index is 881. The van der Waals surface area contributed by atoms with Gasteiger partial charge in [0, 0.05) is 29.0 Å². The maximum atomic E-state index is 12.9. The summed E-state index contributed by atoms with van der Waals surface area (Å²) in [6, 6.07) is 15.8. The van der Waals surface area contributed by atoms with Crippen molar-refractivity contribution >= 4 is 28.4 Å². The highest BCUT2D eigenvalue weighted by Crippen LogP contribution is 2.26. The third-order valence-corrected chi connectivity index (χ3v) is 4.79. The van der Waals surface area contributed by atoms with Crippen molar-refractivity contribution in [3.63, 3.8) is 0 Å². The van der Waals surface area contributed by atoms with Gasteiger partial charge in [-0.25, -0.2) is 0 Å². The molecule has 3 nitrogen and oxygen atoms in total. The number of aryl methyl sites for hydroxylation is 2. The average Bonchev–Trinajstić information content (AvgIpc) is 2.91. The molecule has 0 saturated heterocycles. The predicted octanol–water partition coefficient (Wildman–Crippen LogP) is 5.33. The zero-order chi connectivity index (χ0) is 17.8. The zero-order valence-corrected chi connectivity index (χ0v) is 15.4. The van der Waals surface area contributed by atoms with Crippen LogP contribution < -0.4 is 5.32 Å². The van der Waals surface area contributed by atoms with Gasteiger partial charge in [-0.3, -0.25) is 4.79 Å². The molecule has 130 valence electrons. The van der Waals surface area contributed by atoms with Gasteiger partial charge in [-0.1, -0.05) is 55.3 Å². The Kier molecular flexibility index (Phi) is 5.44. The first-order valence-corrected chi connectivity index (χ1v) is 9.10. The van der Waals surface area contributed by atoms with E-state index in [4.69, 9.17) is 11.6 Å². The normalized spacial score (nSPS) is 11.0. The Morgan fingerprint density at radius 2 is 1.84 bits per heavy atom. The van der Waals surface area contributed by atoms with Gasteiger partial charge in [-0.05, 0) is 42.7 Å². The van der Waals surface area contributed by atoms with Crippen LogP contribution in [0.4, 0.5) is 0 Å². The lowest BCUT2D eigenvalue weighted by Gasteiger charge is -2.12. The van der Waals surface area contributed by atoms with E-state index in [1.54, 1.807) is 0 Å². The van der Waals surface area contributed by atoms with Crippen LogP contribution in [0.25, 0.3) is 10.9 Å². The number of rotatable bonds is 6. The lowest BCUT2D eigenvalue weighted by atomic mass is 10.1. The summed E-state index contributed by atoms with van der Waals surface area (Å²) in [6.45, 7) is 5.54. The highest BCUT2D eigenvalue weighted by atomic mass is 35.5. The van der Waals surface area contributed by atoms with Crippen molar-refractivity contribution in [3.05, 3.63) is 70.4 Å². The number of aromatic nitrogens is 1. The Labute approximate surface area is 153 Å². The largest absolute Gasteiger partial charge is 0.347 e. The van der Waals surface area contributed by atoms with Gasteiger partial charge in [0.1, 0.15) is 5.69 Å². The van der Waals surface area contributed by atoms with Gasteiger partial charge in [-0.15, -0.1) is 0 Å². The minimum Gasteiger partial charge on any atom is -0.347 e. The number of halogens is 1. The molecule has 0 aliphatic rings. The number of amides is 1. The fourth-order valence-corrected chi connectivity index (χ4v) is 3.31. The van der Waals surface area contributed by atoms with Gasteiger partial charge in [0.05, 0.1) is 0 Å². The molecular weight excluding hydrogens is 332 g/mol. The third-order valence-electron chi connectivity index (χ3n) is 4.54. The third kappa shape index (κ3) is 3.72. The van der Waals surface area contributed by atoms with Crippen LogP contribution in [0, 0.1) is 6.92 Å². The molecule has 4 heteroatoms. The second-order valence-corrected chi connectivity index (χ2v) is 6.74. The summed E-state index contributed by atoms with van der Waals surface area (Å²) >= 11 is 5.91. The smallest absolute Gasteiger partial charge is 0.268 e. The van der Waals surface area contributed by atoms with Crippen molar-refractivity contribution in [1.29, 1.82) is 0 Å². The highest BCUT2D eigenvalue weighted by Gasteiger charge is 2.19. The van der Waals surface area contributed by atoms with E-state index in [9.17, 15) is 4.79 Å². The molecule has 0 spiro atoms. The van der Waals surface area contributed by atoms with E-state index >= 15 is 0 Å². The fourth-order valence-electron chi connectivity index (χ4n) is 3.19. The molecule has 3 rings (SSSR count). The number of fused-ring (bicyclic) bond motifs is 1. The number of benzene rings is 2. The minimum atomic E-state index is -0.0280. The van der Waals surface area contributed by atoms with Crippen LogP contribution >= 0.6 is 11.6 Å². The van der Waals surface area contributed by atoms with E-state index in [1.807, 2.05) is 43.3 Å². The minimum absolute atomic E-state index is 0.0280. The Balaban J connectivity index is 1.89. The van der Waals surface area contributed by atoms with Gasteiger partial charge < -0.3 is 9.88 Å². The Morgan fingerprint density at radius 1 is 1.12 bits per heavy atom. The monoisotopic (exact) mass is 354 g/mol. The quantitative estimate of drug-likeness (QED) is 0.637. The van der Waals surface area contributed by atoms with E-state index in [2.05, 4.69) is 28.9 Å². The van der Waals surface area contributed by atoms with Gasteiger partial charge >= 0.3 is 0 Å². The molecule has 0 unspecified atom stereocenters. The van der Waals surface area contributed by atoms with E-state index in [0.29, 0.717) is 11.6 Å².